The number of rotatable bonds is 5. The number of nitrogens with one attached hydrogen (secondary N) is 2. The Bertz CT molecular complexity index is 1120. The van der Waals surface area contributed by atoms with Crippen LogP contribution in [0.1, 0.15) is 0 Å². The fraction of sp³-hybridized carbons (Fsp3) is 0.0476. The number of amides is 1. The molecule has 0 aliphatic heterocycles. The summed E-state index contributed by atoms with van der Waals surface area (Å²) in [5.41, 5.74) is 3.09. The SMILES string of the molecule is O=C(COc1ccc(-c2nc3ccc(Cl)cc3[nH]2)cc1)Nc1ccc(F)cc1. The number of H-pyrrole nitrogens is 1. The van der Waals surface area contributed by atoms with Crippen molar-refractivity contribution in [3.05, 3.63) is 77.6 Å². The molecular weight excluding hydrogens is 381 g/mol. The summed E-state index contributed by atoms with van der Waals surface area (Å²) in [4.78, 5) is 19.7. The number of aromatic nitrogens is 2. The highest BCUT2D eigenvalue weighted by atomic mass is 35.5. The molecule has 0 saturated heterocycles. The normalized spacial score (nSPS) is 10.8. The number of carbonyl (C=O) groups excluding carboxylic acids is 1. The molecule has 0 unspecified atom stereocenters. The van der Waals surface area contributed by atoms with Crippen LogP contribution < -0.4 is 10.1 Å². The molecule has 0 atom stereocenters. The average Bonchev–Trinajstić information content (AvgIpc) is 3.12. The van der Waals surface area contributed by atoms with Gasteiger partial charge in [-0.15, -0.1) is 0 Å². The molecule has 4 rings (SSSR count). The molecule has 5 nitrogen and oxygen atoms in total. The molecule has 1 heterocycles. The number of hydrogen-bond donors (Lipinski definition) is 2. The Kier molecular flexibility index (Phi) is 4.95. The summed E-state index contributed by atoms with van der Waals surface area (Å²) in [6.07, 6.45) is 0. The molecule has 0 radical (unpaired) electrons. The van der Waals surface area contributed by atoms with Gasteiger partial charge in [0.05, 0.1) is 11.0 Å². The van der Waals surface area contributed by atoms with Crippen LogP contribution in [0, 0.1) is 5.82 Å². The molecule has 0 bridgehead atoms. The molecule has 0 aliphatic carbocycles. The third-order valence-electron chi connectivity index (χ3n) is 4.07. The number of nitrogens with zero attached hydrogens (tertiary/aromatic N) is 1. The minimum absolute atomic E-state index is 0.153. The van der Waals surface area contributed by atoms with E-state index in [0.29, 0.717) is 16.5 Å². The maximum Gasteiger partial charge on any atom is 0.262 e. The van der Waals surface area contributed by atoms with Crippen LogP contribution in [0.15, 0.2) is 66.7 Å². The first kappa shape index (κ1) is 18.0. The van der Waals surface area contributed by atoms with Crippen molar-refractivity contribution in [3.63, 3.8) is 0 Å². The van der Waals surface area contributed by atoms with E-state index in [1.54, 1.807) is 18.2 Å². The molecule has 0 saturated carbocycles. The number of aromatic amines is 1. The summed E-state index contributed by atoms with van der Waals surface area (Å²) in [6, 6.07) is 18.2. The van der Waals surface area contributed by atoms with Crippen LogP contribution in [0.3, 0.4) is 0 Å². The summed E-state index contributed by atoms with van der Waals surface area (Å²) >= 11 is 6.00. The number of hydrogen-bond acceptors (Lipinski definition) is 3. The smallest absolute Gasteiger partial charge is 0.262 e. The van der Waals surface area contributed by atoms with Crippen LogP contribution in [0.2, 0.25) is 5.02 Å². The van der Waals surface area contributed by atoms with Gasteiger partial charge in [0.25, 0.3) is 5.91 Å². The van der Waals surface area contributed by atoms with E-state index in [-0.39, 0.29) is 18.3 Å². The van der Waals surface area contributed by atoms with Gasteiger partial charge < -0.3 is 15.0 Å². The molecular formula is C21H15ClFN3O2. The van der Waals surface area contributed by atoms with Crippen molar-refractivity contribution in [1.82, 2.24) is 9.97 Å². The molecule has 4 aromatic rings. The highest BCUT2D eigenvalue weighted by Crippen LogP contribution is 2.24. The van der Waals surface area contributed by atoms with Gasteiger partial charge in [-0.2, -0.15) is 0 Å². The van der Waals surface area contributed by atoms with Gasteiger partial charge in [-0.1, -0.05) is 11.6 Å². The molecule has 3 aromatic carbocycles. The Balaban J connectivity index is 1.38. The molecule has 7 heteroatoms. The first-order valence-electron chi connectivity index (χ1n) is 8.51. The van der Waals surface area contributed by atoms with E-state index in [1.165, 1.54) is 24.3 Å². The van der Waals surface area contributed by atoms with Gasteiger partial charge in [0.2, 0.25) is 0 Å². The number of carbonyl (C=O) groups is 1. The van der Waals surface area contributed by atoms with Crippen LogP contribution in [-0.4, -0.2) is 22.5 Å². The number of ether oxygens (including phenoxy) is 1. The van der Waals surface area contributed by atoms with Gasteiger partial charge in [0, 0.05) is 16.3 Å². The van der Waals surface area contributed by atoms with Crippen molar-refractivity contribution in [2.75, 3.05) is 11.9 Å². The van der Waals surface area contributed by atoms with Crippen LogP contribution in [0.5, 0.6) is 5.75 Å². The van der Waals surface area contributed by atoms with Crippen molar-refractivity contribution in [2.45, 2.75) is 0 Å². The monoisotopic (exact) mass is 395 g/mol. The van der Waals surface area contributed by atoms with Crippen LogP contribution in [0.4, 0.5) is 10.1 Å². The highest BCUT2D eigenvalue weighted by molar-refractivity contribution is 6.31. The quantitative estimate of drug-likeness (QED) is 0.497. The van der Waals surface area contributed by atoms with Crippen molar-refractivity contribution < 1.29 is 13.9 Å². The van der Waals surface area contributed by atoms with Crippen molar-refractivity contribution in [2.24, 2.45) is 0 Å². The zero-order chi connectivity index (χ0) is 19.5. The largest absolute Gasteiger partial charge is 0.484 e. The Labute approximate surface area is 165 Å². The zero-order valence-corrected chi connectivity index (χ0v) is 15.3. The van der Waals surface area contributed by atoms with Crippen LogP contribution >= 0.6 is 11.6 Å². The lowest BCUT2D eigenvalue weighted by Gasteiger charge is -2.08. The van der Waals surface area contributed by atoms with E-state index in [1.807, 2.05) is 24.3 Å². The lowest BCUT2D eigenvalue weighted by atomic mass is 10.2. The maximum atomic E-state index is 12.9. The minimum atomic E-state index is -0.359. The molecule has 28 heavy (non-hydrogen) atoms. The van der Waals surface area contributed by atoms with E-state index in [2.05, 4.69) is 15.3 Å². The Hall–Kier alpha value is -3.38. The van der Waals surface area contributed by atoms with Crippen molar-refractivity contribution >= 4 is 34.2 Å². The van der Waals surface area contributed by atoms with Crippen LogP contribution in [-0.2, 0) is 4.79 Å². The second kappa shape index (κ2) is 7.70. The fourth-order valence-corrected chi connectivity index (χ4v) is 2.88. The predicted octanol–water partition coefficient (Wildman–Crippen LogP) is 5.04. The number of imidazole rings is 1. The standard InChI is InChI=1S/C21H15ClFN3O2/c22-14-3-10-18-19(11-14)26-21(25-18)13-1-8-17(9-2-13)28-12-20(27)24-16-6-4-15(23)5-7-16/h1-11H,12H2,(H,24,27)(H,25,26). The third-order valence-corrected chi connectivity index (χ3v) is 4.30. The first-order chi connectivity index (χ1) is 13.6. The summed E-state index contributed by atoms with van der Waals surface area (Å²) in [7, 11) is 0. The summed E-state index contributed by atoms with van der Waals surface area (Å²) in [6.45, 7) is -0.153. The second-order valence-corrected chi connectivity index (χ2v) is 6.55. The number of anilines is 1. The van der Waals surface area contributed by atoms with E-state index < -0.39 is 0 Å². The number of benzene rings is 3. The molecule has 0 fully saturated rings. The van der Waals surface area contributed by atoms with Gasteiger partial charge in [-0.25, -0.2) is 9.37 Å². The lowest BCUT2D eigenvalue weighted by molar-refractivity contribution is -0.118. The van der Waals surface area contributed by atoms with Gasteiger partial charge in [-0.3, -0.25) is 4.79 Å². The molecule has 0 aliphatic rings. The fourth-order valence-electron chi connectivity index (χ4n) is 2.71. The van der Waals surface area contributed by atoms with Crippen molar-refractivity contribution in [1.29, 1.82) is 0 Å². The van der Waals surface area contributed by atoms with E-state index >= 15 is 0 Å². The molecule has 2 N–H and O–H groups in total. The highest BCUT2D eigenvalue weighted by Gasteiger charge is 2.07. The number of fused-ring (bicyclic) bond motifs is 1. The minimum Gasteiger partial charge on any atom is -0.484 e. The van der Waals surface area contributed by atoms with Gasteiger partial charge in [0.15, 0.2) is 6.61 Å². The Morgan fingerprint density at radius 3 is 2.57 bits per heavy atom. The van der Waals surface area contributed by atoms with Gasteiger partial charge in [0.1, 0.15) is 17.4 Å². The van der Waals surface area contributed by atoms with Crippen molar-refractivity contribution in [3.8, 4) is 17.1 Å². The van der Waals surface area contributed by atoms with Crippen LogP contribution in [0.25, 0.3) is 22.4 Å². The molecule has 140 valence electrons. The van der Waals surface area contributed by atoms with Gasteiger partial charge >= 0.3 is 0 Å². The van der Waals surface area contributed by atoms with E-state index in [9.17, 15) is 9.18 Å². The topological polar surface area (TPSA) is 67.0 Å². The Morgan fingerprint density at radius 1 is 1.07 bits per heavy atom. The average molecular weight is 396 g/mol. The summed E-state index contributed by atoms with van der Waals surface area (Å²) in [5.74, 6) is 0.585. The first-order valence-corrected chi connectivity index (χ1v) is 8.88. The third kappa shape index (κ3) is 4.13. The van der Waals surface area contributed by atoms with E-state index in [0.717, 1.165) is 22.4 Å². The predicted molar refractivity (Wildman–Crippen MR) is 107 cm³/mol. The zero-order valence-electron chi connectivity index (χ0n) is 14.6. The lowest BCUT2D eigenvalue weighted by Crippen LogP contribution is -2.20. The Morgan fingerprint density at radius 2 is 1.82 bits per heavy atom. The number of halogens is 2. The summed E-state index contributed by atoms with van der Waals surface area (Å²) < 4.78 is 18.4. The van der Waals surface area contributed by atoms with Gasteiger partial charge in [-0.05, 0) is 66.7 Å². The summed E-state index contributed by atoms with van der Waals surface area (Å²) in [5, 5.41) is 3.28. The molecule has 0 spiro atoms. The maximum absolute atomic E-state index is 12.9. The molecule has 1 amide bonds. The second-order valence-electron chi connectivity index (χ2n) is 6.12. The van der Waals surface area contributed by atoms with E-state index in [4.69, 9.17) is 16.3 Å². The molecule has 1 aromatic heterocycles.